The largest absolute Gasteiger partial charge is 0.255 e. The summed E-state index contributed by atoms with van der Waals surface area (Å²) in [6, 6.07) is 2.12. The fourth-order valence-corrected chi connectivity index (χ4v) is 1.52. The average Bonchev–Trinajstić information content (AvgIpc) is 2.20. The minimum Gasteiger partial charge on any atom is -0.255 e. The molecule has 0 saturated carbocycles. The standard InChI is InChI=1S/C9H11NS.C2H6/c1-4-8-9(11-3)5-7(2)6-10-8;1-2/h4-6H,1H2,2-3H3;1-2H3. The summed E-state index contributed by atoms with van der Waals surface area (Å²) in [6.07, 6.45) is 5.69. The molecule has 0 radical (unpaired) electrons. The molecular formula is C11H17NS. The molecule has 0 fully saturated rings. The Kier molecular flexibility index (Phi) is 6.33. The van der Waals surface area contributed by atoms with Crippen molar-refractivity contribution >= 4 is 17.8 Å². The van der Waals surface area contributed by atoms with E-state index in [4.69, 9.17) is 0 Å². The van der Waals surface area contributed by atoms with Crippen molar-refractivity contribution in [3.63, 3.8) is 0 Å². The molecule has 0 bridgehead atoms. The van der Waals surface area contributed by atoms with Crippen LogP contribution in [0.4, 0.5) is 0 Å². The van der Waals surface area contributed by atoms with Gasteiger partial charge in [0, 0.05) is 11.1 Å². The number of hydrogen-bond acceptors (Lipinski definition) is 2. The van der Waals surface area contributed by atoms with E-state index in [9.17, 15) is 0 Å². The van der Waals surface area contributed by atoms with E-state index in [0.717, 1.165) is 5.69 Å². The van der Waals surface area contributed by atoms with E-state index in [0.29, 0.717) is 0 Å². The zero-order chi connectivity index (χ0) is 10.3. The highest BCUT2D eigenvalue weighted by Crippen LogP contribution is 2.19. The van der Waals surface area contributed by atoms with Gasteiger partial charge in [0.15, 0.2) is 0 Å². The summed E-state index contributed by atoms with van der Waals surface area (Å²) in [5.74, 6) is 0. The van der Waals surface area contributed by atoms with Crippen LogP contribution >= 0.6 is 11.8 Å². The lowest BCUT2D eigenvalue weighted by atomic mass is 10.3. The summed E-state index contributed by atoms with van der Waals surface area (Å²) < 4.78 is 0. The molecule has 0 aromatic carbocycles. The molecule has 0 aliphatic carbocycles. The third-order valence-corrected chi connectivity index (χ3v) is 2.20. The van der Waals surface area contributed by atoms with E-state index in [-0.39, 0.29) is 0 Å². The molecule has 0 N–H and O–H groups in total. The van der Waals surface area contributed by atoms with Gasteiger partial charge in [0.05, 0.1) is 5.69 Å². The second-order valence-corrected chi connectivity index (χ2v) is 3.15. The number of aryl methyl sites for hydroxylation is 1. The van der Waals surface area contributed by atoms with Crippen LogP contribution in [0.3, 0.4) is 0 Å². The predicted molar refractivity (Wildman–Crippen MR) is 62.2 cm³/mol. The van der Waals surface area contributed by atoms with E-state index in [1.807, 2.05) is 33.2 Å². The van der Waals surface area contributed by atoms with E-state index in [1.54, 1.807) is 17.8 Å². The van der Waals surface area contributed by atoms with Gasteiger partial charge in [-0.1, -0.05) is 20.4 Å². The number of thioether (sulfide) groups is 1. The monoisotopic (exact) mass is 195 g/mol. The number of aromatic nitrogens is 1. The Morgan fingerprint density at radius 2 is 2.08 bits per heavy atom. The Balaban J connectivity index is 0.000000671. The maximum Gasteiger partial charge on any atom is 0.0759 e. The van der Waals surface area contributed by atoms with Crippen molar-refractivity contribution in [1.82, 2.24) is 4.98 Å². The Bertz CT molecular complexity index is 269. The van der Waals surface area contributed by atoms with E-state index in [1.165, 1.54) is 10.5 Å². The summed E-state index contributed by atoms with van der Waals surface area (Å²) in [5.41, 5.74) is 2.17. The fourth-order valence-electron chi connectivity index (χ4n) is 0.870. The lowest BCUT2D eigenvalue weighted by Crippen LogP contribution is -1.85. The van der Waals surface area contributed by atoms with Crippen molar-refractivity contribution in [3.05, 3.63) is 30.1 Å². The van der Waals surface area contributed by atoms with Gasteiger partial charge in [-0.25, -0.2) is 0 Å². The van der Waals surface area contributed by atoms with Crippen molar-refractivity contribution in [2.45, 2.75) is 25.7 Å². The zero-order valence-electron chi connectivity index (χ0n) is 8.79. The van der Waals surface area contributed by atoms with Crippen LogP contribution < -0.4 is 0 Å². The van der Waals surface area contributed by atoms with Crippen molar-refractivity contribution in [2.75, 3.05) is 6.26 Å². The molecule has 1 rings (SSSR count). The van der Waals surface area contributed by atoms with E-state index < -0.39 is 0 Å². The first-order valence-corrected chi connectivity index (χ1v) is 5.63. The summed E-state index contributed by atoms with van der Waals surface area (Å²) >= 11 is 1.70. The first kappa shape index (κ1) is 12.2. The zero-order valence-corrected chi connectivity index (χ0v) is 9.61. The predicted octanol–water partition coefficient (Wildman–Crippen LogP) is 3.78. The minimum absolute atomic E-state index is 0.975. The second kappa shape index (κ2) is 6.72. The molecule has 1 nitrogen and oxygen atoms in total. The number of pyridine rings is 1. The maximum absolute atomic E-state index is 4.23. The van der Waals surface area contributed by atoms with Crippen LogP contribution in [0.1, 0.15) is 25.1 Å². The molecule has 1 aromatic rings. The lowest BCUT2D eigenvalue weighted by Gasteiger charge is -2.01. The average molecular weight is 195 g/mol. The summed E-state index contributed by atoms with van der Waals surface area (Å²) in [7, 11) is 0. The van der Waals surface area contributed by atoms with Gasteiger partial charge >= 0.3 is 0 Å². The van der Waals surface area contributed by atoms with Crippen molar-refractivity contribution in [3.8, 4) is 0 Å². The molecular weight excluding hydrogens is 178 g/mol. The maximum atomic E-state index is 4.23. The van der Waals surface area contributed by atoms with Gasteiger partial charge in [-0.2, -0.15) is 0 Å². The van der Waals surface area contributed by atoms with Gasteiger partial charge in [0.1, 0.15) is 0 Å². The summed E-state index contributed by atoms with van der Waals surface area (Å²) in [6.45, 7) is 9.73. The van der Waals surface area contributed by atoms with Crippen molar-refractivity contribution in [1.29, 1.82) is 0 Å². The molecule has 2 heteroatoms. The normalized spacial score (nSPS) is 8.62. The van der Waals surface area contributed by atoms with Crippen LogP contribution in [0.25, 0.3) is 6.08 Å². The highest BCUT2D eigenvalue weighted by Gasteiger charge is 1.97. The quantitative estimate of drug-likeness (QED) is 0.666. The van der Waals surface area contributed by atoms with E-state index >= 15 is 0 Å². The lowest BCUT2D eigenvalue weighted by molar-refractivity contribution is 1.16. The van der Waals surface area contributed by atoms with Gasteiger partial charge in [0.25, 0.3) is 0 Å². The van der Waals surface area contributed by atoms with Gasteiger partial charge in [-0.3, -0.25) is 4.98 Å². The molecule has 0 amide bonds. The minimum atomic E-state index is 0.975. The van der Waals surface area contributed by atoms with Crippen LogP contribution in [-0.2, 0) is 0 Å². The molecule has 0 spiro atoms. The molecule has 13 heavy (non-hydrogen) atoms. The van der Waals surface area contributed by atoms with Crippen LogP contribution in [0, 0.1) is 6.92 Å². The van der Waals surface area contributed by atoms with Crippen LogP contribution in [-0.4, -0.2) is 11.2 Å². The summed E-state index contributed by atoms with van der Waals surface area (Å²) in [4.78, 5) is 5.42. The smallest absolute Gasteiger partial charge is 0.0759 e. The van der Waals surface area contributed by atoms with Gasteiger partial charge in [-0.15, -0.1) is 11.8 Å². The van der Waals surface area contributed by atoms with Crippen LogP contribution in [0.2, 0.25) is 0 Å². The Morgan fingerprint density at radius 3 is 2.54 bits per heavy atom. The third kappa shape index (κ3) is 3.64. The number of nitrogens with zero attached hydrogens (tertiary/aromatic N) is 1. The Hall–Kier alpha value is -0.760. The molecule has 0 saturated heterocycles. The molecule has 0 aliphatic heterocycles. The SMILES string of the molecule is C=Cc1ncc(C)cc1SC.CC. The third-order valence-electron chi connectivity index (χ3n) is 1.43. The van der Waals surface area contributed by atoms with Crippen LogP contribution in [0.15, 0.2) is 23.7 Å². The fraction of sp³-hybridized carbons (Fsp3) is 0.364. The van der Waals surface area contributed by atoms with Gasteiger partial charge in [-0.05, 0) is 30.9 Å². The van der Waals surface area contributed by atoms with Crippen molar-refractivity contribution in [2.24, 2.45) is 0 Å². The van der Waals surface area contributed by atoms with Crippen molar-refractivity contribution < 1.29 is 0 Å². The van der Waals surface area contributed by atoms with E-state index in [2.05, 4.69) is 17.6 Å². The summed E-state index contributed by atoms with van der Waals surface area (Å²) in [5, 5.41) is 0. The molecule has 1 aromatic heterocycles. The second-order valence-electron chi connectivity index (χ2n) is 2.30. The molecule has 72 valence electrons. The Labute approximate surface area is 85.3 Å². The number of hydrogen-bond donors (Lipinski definition) is 0. The van der Waals surface area contributed by atoms with Gasteiger partial charge in [0.2, 0.25) is 0 Å². The Morgan fingerprint density at radius 1 is 1.46 bits per heavy atom. The van der Waals surface area contributed by atoms with Gasteiger partial charge < -0.3 is 0 Å². The molecule has 0 aliphatic rings. The first-order valence-electron chi connectivity index (χ1n) is 4.41. The molecule has 0 atom stereocenters. The number of rotatable bonds is 2. The highest BCUT2D eigenvalue weighted by molar-refractivity contribution is 7.98. The molecule has 0 unspecified atom stereocenters. The molecule has 1 heterocycles. The van der Waals surface area contributed by atoms with Crippen LogP contribution in [0.5, 0.6) is 0 Å². The topological polar surface area (TPSA) is 12.9 Å². The highest BCUT2D eigenvalue weighted by atomic mass is 32.2. The first-order chi connectivity index (χ1) is 6.27.